The van der Waals surface area contributed by atoms with Gasteiger partial charge >= 0.3 is 5.97 Å². The van der Waals surface area contributed by atoms with Crippen LogP contribution in [0.2, 0.25) is 0 Å². The molecule has 0 spiro atoms. The van der Waals surface area contributed by atoms with Gasteiger partial charge in [-0.3, -0.25) is 4.79 Å². The summed E-state index contributed by atoms with van der Waals surface area (Å²) < 4.78 is 18.8. The quantitative estimate of drug-likeness (QED) is 0.806. The molecule has 1 aromatic carbocycles. The van der Waals surface area contributed by atoms with Crippen molar-refractivity contribution in [1.82, 2.24) is 5.32 Å². The maximum absolute atomic E-state index is 13.5. The number of esters is 1. The van der Waals surface area contributed by atoms with Crippen molar-refractivity contribution >= 4 is 27.8 Å². The average Bonchev–Trinajstić information content (AvgIpc) is 2.42. The molecule has 0 unspecified atom stereocenters. The molecule has 0 radical (unpaired) electrons. The molecular formula is C14H17BrFNO3. The molecular weight excluding hydrogens is 329 g/mol. The molecule has 0 aromatic heterocycles. The van der Waals surface area contributed by atoms with Crippen LogP contribution in [0.3, 0.4) is 0 Å². The van der Waals surface area contributed by atoms with E-state index in [1.54, 1.807) is 0 Å². The minimum Gasteiger partial charge on any atom is -0.452 e. The molecule has 0 saturated heterocycles. The van der Waals surface area contributed by atoms with Crippen LogP contribution >= 0.6 is 15.9 Å². The van der Waals surface area contributed by atoms with E-state index in [-0.39, 0.29) is 17.5 Å². The molecule has 0 fully saturated rings. The predicted molar refractivity (Wildman–Crippen MR) is 76.9 cm³/mol. The SMILES string of the molecule is CCC(CC)NC(=O)COC(=O)c1ccc(Br)cc1F. The summed E-state index contributed by atoms with van der Waals surface area (Å²) in [4.78, 5) is 23.2. The second-order valence-electron chi connectivity index (χ2n) is 4.28. The zero-order valence-electron chi connectivity index (χ0n) is 11.4. The van der Waals surface area contributed by atoms with Crippen LogP contribution < -0.4 is 5.32 Å². The number of carbonyl (C=O) groups excluding carboxylic acids is 2. The molecule has 0 atom stereocenters. The Morgan fingerprint density at radius 2 is 2.00 bits per heavy atom. The summed E-state index contributed by atoms with van der Waals surface area (Å²) in [6.07, 6.45) is 1.61. The second kappa shape index (κ2) is 7.99. The standard InChI is InChI=1S/C14H17BrFNO3/c1-3-10(4-2)17-13(18)8-20-14(19)11-6-5-9(15)7-12(11)16/h5-7,10H,3-4,8H2,1-2H3,(H,17,18). The molecule has 4 nitrogen and oxygen atoms in total. The van der Waals surface area contributed by atoms with E-state index in [0.717, 1.165) is 12.8 Å². The number of amides is 1. The van der Waals surface area contributed by atoms with Gasteiger partial charge in [0.1, 0.15) is 5.82 Å². The lowest BCUT2D eigenvalue weighted by Gasteiger charge is -2.14. The van der Waals surface area contributed by atoms with Gasteiger partial charge in [0.2, 0.25) is 0 Å². The predicted octanol–water partition coefficient (Wildman–Crippen LogP) is 3.05. The van der Waals surface area contributed by atoms with Gasteiger partial charge in [-0.25, -0.2) is 9.18 Å². The van der Waals surface area contributed by atoms with Gasteiger partial charge in [-0.2, -0.15) is 0 Å². The molecule has 1 amide bonds. The first-order chi connectivity index (χ1) is 9.47. The molecule has 1 rings (SSSR count). The van der Waals surface area contributed by atoms with Gasteiger partial charge in [0, 0.05) is 10.5 Å². The first-order valence-corrected chi connectivity index (χ1v) is 7.18. The number of ether oxygens (including phenoxy) is 1. The van der Waals surface area contributed by atoms with Gasteiger partial charge in [0.15, 0.2) is 6.61 Å². The normalized spacial score (nSPS) is 10.4. The van der Waals surface area contributed by atoms with Gasteiger partial charge in [-0.05, 0) is 31.0 Å². The van der Waals surface area contributed by atoms with Crippen molar-refractivity contribution in [3.63, 3.8) is 0 Å². The second-order valence-corrected chi connectivity index (χ2v) is 5.20. The molecule has 0 heterocycles. The molecule has 0 aliphatic carbocycles. The Morgan fingerprint density at radius 1 is 1.35 bits per heavy atom. The Hall–Kier alpha value is -1.43. The number of carbonyl (C=O) groups is 2. The fourth-order valence-electron chi connectivity index (χ4n) is 1.63. The molecule has 110 valence electrons. The van der Waals surface area contributed by atoms with Crippen LogP contribution in [0.25, 0.3) is 0 Å². The third-order valence-electron chi connectivity index (χ3n) is 2.84. The van der Waals surface area contributed by atoms with Gasteiger partial charge in [-0.15, -0.1) is 0 Å². The Kier molecular flexibility index (Phi) is 6.64. The molecule has 0 aliphatic heterocycles. The average molecular weight is 346 g/mol. The minimum atomic E-state index is -0.852. The highest BCUT2D eigenvalue weighted by atomic mass is 79.9. The number of hydrogen-bond donors (Lipinski definition) is 1. The molecule has 1 aromatic rings. The highest BCUT2D eigenvalue weighted by molar-refractivity contribution is 9.10. The van der Waals surface area contributed by atoms with E-state index in [0.29, 0.717) is 4.47 Å². The molecule has 6 heteroatoms. The van der Waals surface area contributed by atoms with Crippen LogP contribution in [0.1, 0.15) is 37.0 Å². The Balaban J connectivity index is 2.53. The van der Waals surface area contributed by atoms with E-state index < -0.39 is 18.4 Å². The number of halogens is 2. The maximum Gasteiger partial charge on any atom is 0.341 e. The summed E-state index contributed by atoms with van der Waals surface area (Å²) in [5.74, 6) is -1.93. The van der Waals surface area contributed by atoms with Crippen molar-refractivity contribution in [3.8, 4) is 0 Å². The van der Waals surface area contributed by atoms with Crippen LogP contribution in [-0.4, -0.2) is 24.5 Å². The highest BCUT2D eigenvalue weighted by Gasteiger charge is 2.16. The van der Waals surface area contributed by atoms with Crippen LogP contribution in [0.4, 0.5) is 4.39 Å². The van der Waals surface area contributed by atoms with Gasteiger partial charge in [0.05, 0.1) is 5.56 Å². The minimum absolute atomic E-state index is 0.0608. The van der Waals surface area contributed by atoms with Gasteiger partial charge in [0.25, 0.3) is 5.91 Å². The van der Waals surface area contributed by atoms with E-state index in [9.17, 15) is 14.0 Å². The zero-order chi connectivity index (χ0) is 15.1. The summed E-state index contributed by atoms with van der Waals surface area (Å²) in [6, 6.07) is 4.07. The molecule has 0 saturated carbocycles. The summed E-state index contributed by atoms with van der Waals surface area (Å²) in [5, 5.41) is 2.73. The van der Waals surface area contributed by atoms with Crippen molar-refractivity contribution < 1.29 is 18.7 Å². The van der Waals surface area contributed by atoms with Crippen molar-refractivity contribution in [2.75, 3.05) is 6.61 Å². The van der Waals surface area contributed by atoms with Crippen molar-refractivity contribution in [2.45, 2.75) is 32.7 Å². The Morgan fingerprint density at radius 3 is 2.55 bits per heavy atom. The monoisotopic (exact) mass is 345 g/mol. The van der Waals surface area contributed by atoms with E-state index in [4.69, 9.17) is 4.74 Å². The Bertz CT molecular complexity index is 489. The lowest BCUT2D eigenvalue weighted by molar-refractivity contribution is -0.125. The van der Waals surface area contributed by atoms with Crippen molar-refractivity contribution in [2.24, 2.45) is 0 Å². The molecule has 0 bridgehead atoms. The summed E-state index contributed by atoms with van der Waals surface area (Å²) in [7, 11) is 0. The fourth-order valence-corrected chi connectivity index (χ4v) is 1.96. The third-order valence-corrected chi connectivity index (χ3v) is 3.33. The summed E-state index contributed by atoms with van der Waals surface area (Å²) in [6.45, 7) is 3.50. The molecule has 20 heavy (non-hydrogen) atoms. The lowest BCUT2D eigenvalue weighted by Crippen LogP contribution is -2.36. The first kappa shape index (κ1) is 16.6. The summed E-state index contributed by atoms with van der Waals surface area (Å²) in [5.41, 5.74) is -0.191. The van der Waals surface area contributed by atoms with E-state index in [1.165, 1.54) is 18.2 Å². The smallest absolute Gasteiger partial charge is 0.341 e. The van der Waals surface area contributed by atoms with Crippen LogP contribution in [-0.2, 0) is 9.53 Å². The van der Waals surface area contributed by atoms with Crippen LogP contribution in [0, 0.1) is 5.82 Å². The van der Waals surface area contributed by atoms with Crippen LogP contribution in [0.15, 0.2) is 22.7 Å². The number of benzene rings is 1. The fraction of sp³-hybridized carbons (Fsp3) is 0.429. The number of nitrogens with one attached hydrogen (secondary N) is 1. The van der Waals surface area contributed by atoms with Crippen molar-refractivity contribution in [3.05, 3.63) is 34.1 Å². The highest BCUT2D eigenvalue weighted by Crippen LogP contribution is 2.16. The van der Waals surface area contributed by atoms with Crippen LogP contribution in [0.5, 0.6) is 0 Å². The van der Waals surface area contributed by atoms with E-state index >= 15 is 0 Å². The number of rotatable bonds is 6. The topological polar surface area (TPSA) is 55.4 Å². The third kappa shape index (κ3) is 4.92. The zero-order valence-corrected chi connectivity index (χ0v) is 13.0. The molecule has 1 N–H and O–H groups in total. The largest absolute Gasteiger partial charge is 0.452 e. The maximum atomic E-state index is 13.5. The molecule has 0 aliphatic rings. The lowest BCUT2D eigenvalue weighted by atomic mass is 10.2. The summed E-state index contributed by atoms with van der Waals surface area (Å²) >= 11 is 3.09. The van der Waals surface area contributed by atoms with Gasteiger partial charge < -0.3 is 10.1 Å². The number of hydrogen-bond acceptors (Lipinski definition) is 3. The van der Waals surface area contributed by atoms with E-state index in [1.807, 2.05) is 13.8 Å². The van der Waals surface area contributed by atoms with E-state index in [2.05, 4.69) is 21.2 Å². The van der Waals surface area contributed by atoms with Gasteiger partial charge in [-0.1, -0.05) is 29.8 Å². The Labute approximate surface area is 125 Å². The first-order valence-electron chi connectivity index (χ1n) is 6.39. The van der Waals surface area contributed by atoms with Crippen molar-refractivity contribution in [1.29, 1.82) is 0 Å².